The van der Waals surface area contributed by atoms with Crippen molar-refractivity contribution in [3.05, 3.63) is 17.8 Å². The number of methoxy groups -OCH3 is 1. The second-order valence-corrected chi connectivity index (χ2v) is 3.59. The lowest BCUT2D eigenvalue weighted by molar-refractivity contribution is 0.110. The Bertz CT molecular complexity index is 273. The summed E-state index contributed by atoms with van der Waals surface area (Å²) >= 11 is 0. The average Bonchev–Trinajstić information content (AvgIpc) is 2.71. The highest BCUT2D eigenvalue weighted by Crippen LogP contribution is 2.08. The summed E-state index contributed by atoms with van der Waals surface area (Å²) in [4.78, 5) is 4.19. The summed E-state index contributed by atoms with van der Waals surface area (Å²) in [6.45, 7) is 5.74. The van der Waals surface area contributed by atoms with Gasteiger partial charge in [0.1, 0.15) is 5.76 Å². The van der Waals surface area contributed by atoms with E-state index in [1.807, 2.05) is 0 Å². The minimum atomic E-state index is 0.271. The van der Waals surface area contributed by atoms with Gasteiger partial charge in [0.2, 0.25) is 5.89 Å². The molecule has 0 amide bonds. The maximum absolute atomic E-state index is 5.55. The molecule has 0 aliphatic heterocycles. The molecule has 1 N–H and O–H groups in total. The third-order valence-corrected chi connectivity index (χ3v) is 2.33. The van der Waals surface area contributed by atoms with Crippen molar-refractivity contribution in [3.63, 3.8) is 0 Å². The van der Waals surface area contributed by atoms with Crippen molar-refractivity contribution in [2.45, 2.75) is 39.3 Å². The Balaban J connectivity index is 2.32. The smallest absolute Gasteiger partial charge is 0.208 e. The molecular formula is C11H20N2O2. The molecule has 0 aliphatic carbocycles. The van der Waals surface area contributed by atoms with E-state index in [1.165, 1.54) is 0 Å². The summed E-state index contributed by atoms with van der Waals surface area (Å²) < 4.78 is 10.7. The summed E-state index contributed by atoms with van der Waals surface area (Å²) in [6.07, 6.45) is 3.92. The van der Waals surface area contributed by atoms with Crippen LogP contribution in [0.4, 0.5) is 0 Å². The fourth-order valence-corrected chi connectivity index (χ4v) is 1.24. The van der Waals surface area contributed by atoms with Crippen molar-refractivity contribution < 1.29 is 9.15 Å². The lowest BCUT2D eigenvalue weighted by Crippen LogP contribution is -2.11. The Hall–Kier alpha value is -0.870. The van der Waals surface area contributed by atoms with E-state index in [0.717, 1.165) is 31.0 Å². The van der Waals surface area contributed by atoms with Crippen LogP contribution in [0, 0.1) is 0 Å². The summed E-state index contributed by atoms with van der Waals surface area (Å²) in [5.74, 6) is 1.70. The number of ether oxygens (including phenoxy) is 1. The molecular weight excluding hydrogens is 192 g/mol. The van der Waals surface area contributed by atoms with Crippen molar-refractivity contribution in [2.75, 3.05) is 13.7 Å². The van der Waals surface area contributed by atoms with Crippen LogP contribution < -0.4 is 5.32 Å². The zero-order chi connectivity index (χ0) is 11.1. The molecule has 86 valence electrons. The number of hydrogen-bond acceptors (Lipinski definition) is 4. The predicted molar refractivity (Wildman–Crippen MR) is 58.7 cm³/mol. The van der Waals surface area contributed by atoms with Gasteiger partial charge in [-0.2, -0.15) is 0 Å². The molecule has 0 fully saturated rings. The molecule has 1 aromatic heterocycles. The third-order valence-electron chi connectivity index (χ3n) is 2.33. The minimum Gasteiger partial charge on any atom is -0.444 e. The number of aromatic nitrogens is 1. The van der Waals surface area contributed by atoms with Gasteiger partial charge in [0.05, 0.1) is 18.8 Å². The number of aryl methyl sites for hydroxylation is 1. The van der Waals surface area contributed by atoms with Crippen LogP contribution in [0.2, 0.25) is 0 Å². The molecule has 0 aliphatic rings. The molecule has 0 saturated heterocycles. The standard InChI is InChI=1S/C11H20N2O2/c1-4-12-8-11-13-7-10(15-11)6-5-9(2)14-3/h7,9,12H,4-6,8H2,1-3H3. The maximum atomic E-state index is 5.55. The molecule has 1 aromatic rings. The molecule has 4 heteroatoms. The topological polar surface area (TPSA) is 47.3 Å². The predicted octanol–water partition coefficient (Wildman–Crippen LogP) is 1.75. The first-order valence-corrected chi connectivity index (χ1v) is 5.43. The van der Waals surface area contributed by atoms with Crippen molar-refractivity contribution in [1.82, 2.24) is 10.3 Å². The first-order chi connectivity index (χ1) is 7.26. The van der Waals surface area contributed by atoms with E-state index >= 15 is 0 Å². The molecule has 0 radical (unpaired) electrons. The first kappa shape index (κ1) is 12.2. The first-order valence-electron chi connectivity index (χ1n) is 5.43. The molecule has 1 atom stereocenters. The lowest BCUT2D eigenvalue weighted by atomic mass is 10.2. The number of rotatable bonds is 7. The van der Waals surface area contributed by atoms with E-state index < -0.39 is 0 Å². The zero-order valence-corrected chi connectivity index (χ0v) is 9.75. The van der Waals surface area contributed by atoms with Crippen LogP contribution in [0.3, 0.4) is 0 Å². The van der Waals surface area contributed by atoms with Crippen molar-refractivity contribution >= 4 is 0 Å². The van der Waals surface area contributed by atoms with Crippen LogP contribution in [0.5, 0.6) is 0 Å². The van der Waals surface area contributed by atoms with Gasteiger partial charge in [-0.15, -0.1) is 0 Å². The Morgan fingerprint density at radius 3 is 3.07 bits per heavy atom. The van der Waals surface area contributed by atoms with Gasteiger partial charge in [-0.05, 0) is 19.9 Å². The van der Waals surface area contributed by atoms with Gasteiger partial charge in [-0.25, -0.2) is 4.98 Å². The quantitative estimate of drug-likeness (QED) is 0.748. The highest BCUT2D eigenvalue weighted by atomic mass is 16.5. The average molecular weight is 212 g/mol. The van der Waals surface area contributed by atoms with Gasteiger partial charge in [0.25, 0.3) is 0 Å². The number of nitrogens with one attached hydrogen (secondary N) is 1. The highest BCUT2D eigenvalue weighted by molar-refractivity contribution is 4.94. The van der Waals surface area contributed by atoms with E-state index in [1.54, 1.807) is 13.3 Å². The minimum absolute atomic E-state index is 0.271. The largest absolute Gasteiger partial charge is 0.444 e. The summed E-state index contributed by atoms with van der Waals surface area (Å²) in [5.41, 5.74) is 0. The van der Waals surface area contributed by atoms with E-state index in [9.17, 15) is 0 Å². The Labute approximate surface area is 91.0 Å². The Morgan fingerprint density at radius 1 is 1.60 bits per heavy atom. The number of hydrogen-bond donors (Lipinski definition) is 1. The molecule has 0 bridgehead atoms. The summed E-state index contributed by atoms with van der Waals surface area (Å²) in [5, 5.41) is 3.17. The molecule has 4 nitrogen and oxygen atoms in total. The molecule has 15 heavy (non-hydrogen) atoms. The van der Waals surface area contributed by atoms with Crippen LogP contribution >= 0.6 is 0 Å². The van der Waals surface area contributed by atoms with Gasteiger partial charge in [-0.3, -0.25) is 0 Å². The van der Waals surface area contributed by atoms with E-state index in [2.05, 4.69) is 24.1 Å². The summed E-state index contributed by atoms with van der Waals surface area (Å²) in [6, 6.07) is 0. The number of nitrogens with zero attached hydrogens (tertiary/aromatic N) is 1. The Kier molecular flexibility index (Phi) is 5.36. The maximum Gasteiger partial charge on any atom is 0.208 e. The van der Waals surface area contributed by atoms with Crippen molar-refractivity contribution in [1.29, 1.82) is 0 Å². The van der Waals surface area contributed by atoms with E-state index in [4.69, 9.17) is 9.15 Å². The SMILES string of the molecule is CCNCc1ncc(CCC(C)OC)o1. The van der Waals surface area contributed by atoms with E-state index in [-0.39, 0.29) is 6.10 Å². The number of oxazole rings is 1. The van der Waals surface area contributed by atoms with Gasteiger partial charge in [0, 0.05) is 13.5 Å². The van der Waals surface area contributed by atoms with Crippen molar-refractivity contribution in [3.8, 4) is 0 Å². The fraction of sp³-hybridized carbons (Fsp3) is 0.727. The molecule has 1 rings (SSSR count). The van der Waals surface area contributed by atoms with Gasteiger partial charge in [-0.1, -0.05) is 6.92 Å². The van der Waals surface area contributed by atoms with Crippen LogP contribution in [0.1, 0.15) is 31.9 Å². The van der Waals surface area contributed by atoms with Crippen molar-refractivity contribution in [2.24, 2.45) is 0 Å². The van der Waals surface area contributed by atoms with Crippen LogP contribution in [0.15, 0.2) is 10.6 Å². The molecule has 0 aromatic carbocycles. The monoisotopic (exact) mass is 212 g/mol. The third kappa shape index (κ3) is 4.44. The second-order valence-electron chi connectivity index (χ2n) is 3.59. The Morgan fingerprint density at radius 2 is 2.40 bits per heavy atom. The fourth-order valence-electron chi connectivity index (χ4n) is 1.24. The summed E-state index contributed by atoms with van der Waals surface area (Å²) in [7, 11) is 1.72. The van der Waals surface area contributed by atoms with Gasteiger partial charge in [0.15, 0.2) is 0 Å². The molecule has 0 saturated carbocycles. The molecule has 1 heterocycles. The highest BCUT2D eigenvalue weighted by Gasteiger charge is 2.05. The van der Waals surface area contributed by atoms with Crippen LogP contribution in [-0.4, -0.2) is 24.7 Å². The lowest BCUT2D eigenvalue weighted by Gasteiger charge is -2.06. The van der Waals surface area contributed by atoms with Crippen LogP contribution in [0.25, 0.3) is 0 Å². The van der Waals surface area contributed by atoms with Crippen LogP contribution in [-0.2, 0) is 17.7 Å². The zero-order valence-electron chi connectivity index (χ0n) is 9.75. The normalized spacial score (nSPS) is 13.0. The van der Waals surface area contributed by atoms with Gasteiger partial charge >= 0.3 is 0 Å². The second kappa shape index (κ2) is 6.58. The van der Waals surface area contributed by atoms with E-state index in [0.29, 0.717) is 6.54 Å². The van der Waals surface area contributed by atoms with Gasteiger partial charge < -0.3 is 14.5 Å². The molecule has 1 unspecified atom stereocenters. The molecule has 0 spiro atoms.